The van der Waals surface area contributed by atoms with Gasteiger partial charge in [-0.3, -0.25) is 9.78 Å². The largest absolute Gasteiger partial charge is 0.508 e. The molecule has 21 heavy (non-hydrogen) atoms. The lowest BCUT2D eigenvalue weighted by Crippen LogP contribution is -2.15. The lowest BCUT2D eigenvalue weighted by atomic mass is 10.1. The van der Waals surface area contributed by atoms with Crippen LogP contribution in [0.15, 0.2) is 41.1 Å². The zero-order valence-corrected chi connectivity index (χ0v) is 13.1. The molecular weight excluding hydrogens is 332 g/mol. The second-order valence-electron chi connectivity index (χ2n) is 5.33. The molecule has 2 atom stereocenters. The lowest BCUT2D eigenvalue weighted by Gasteiger charge is -2.09. The minimum atomic E-state index is -0.0369. The van der Waals surface area contributed by atoms with E-state index in [0.29, 0.717) is 0 Å². The van der Waals surface area contributed by atoms with E-state index in [4.69, 9.17) is 0 Å². The molecule has 108 valence electrons. The van der Waals surface area contributed by atoms with Crippen molar-refractivity contribution in [2.45, 2.75) is 19.3 Å². The molecule has 3 rings (SSSR count). The highest BCUT2D eigenvalue weighted by Crippen LogP contribution is 2.48. The Balaban J connectivity index is 1.69. The van der Waals surface area contributed by atoms with Crippen LogP contribution in [0, 0.1) is 12.8 Å². The van der Waals surface area contributed by atoms with E-state index in [1.165, 1.54) is 0 Å². The fourth-order valence-corrected chi connectivity index (χ4v) is 2.79. The summed E-state index contributed by atoms with van der Waals surface area (Å²) < 4.78 is 0.876. The summed E-state index contributed by atoms with van der Waals surface area (Å²) in [7, 11) is 0. The second kappa shape index (κ2) is 5.48. The van der Waals surface area contributed by atoms with Crippen LogP contribution >= 0.6 is 15.9 Å². The molecule has 4 nitrogen and oxygen atoms in total. The first kappa shape index (κ1) is 14.1. The van der Waals surface area contributed by atoms with Gasteiger partial charge in [-0.25, -0.2) is 0 Å². The Morgan fingerprint density at radius 2 is 2.24 bits per heavy atom. The van der Waals surface area contributed by atoms with Gasteiger partial charge in [-0.2, -0.15) is 0 Å². The molecule has 0 saturated heterocycles. The quantitative estimate of drug-likeness (QED) is 0.892. The van der Waals surface area contributed by atoms with Crippen LogP contribution in [0.5, 0.6) is 5.75 Å². The van der Waals surface area contributed by atoms with Crippen molar-refractivity contribution in [2.75, 3.05) is 5.32 Å². The third-order valence-corrected chi connectivity index (χ3v) is 4.64. The summed E-state index contributed by atoms with van der Waals surface area (Å²) in [5, 5.41) is 12.4. The van der Waals surface area contributed by atoms with Crippen LogP contribution in [0.3, 0.4) is 0 Å². The first-order valence-corrected chi connectivity index (χ1v) is 7.55. The minimum absolute atomic E-state index is 0.00587. The maximum absolute atomic E-state index is 12.3. The standard InChI is InChI=1S/C16H15BrN2O2/c1-9-14(17)7-18-8-15(9)19-16(21)13-6-12(13)10-3-2-4-11(20)5-10/h2-5,7-8,12-13,20H,6H2,1H3,(H,19,21)/t12-,13+/m0/s1. The molecule has 1 saturated carbocycles. The Hall–Kier alpha value is -1.88. The molecule has 1 heterocycles. The fraction of sp³-hybridized carbons (Fsp3) is 0.250. The van der Waals surface area contributed by atoms with Crippen molar-refractivity contribution in [3.05, 3.63) is 52.3 Å². The highest BCUT2D eigenvalue weighted by atomic mass is 79.9. The zero-order valence-electron chi connectivity index (χ0n) is 11.5. The van der Waals surface area contributed by atoms with Gasteiger partial charge in [0, 0.05) is 16.6 Å². The molecule has 1 aliphatic carbocycles. The Labute approximate surface area is 131 Å². The number of aromatic nitrogens is 1. The van der Waals surface area contributed by atoms with Crippen molar-refractivity contribution < 1.29 is 9.90 Å². The van der Waals surface area contributed by atoms with E-state index in [-0.39, 0.29) is 23.5 Å². The second-order valence-corrected chi connectivity index (χ2v) is 6.18. The summed E-state index contributed by atoms with van der Waals surface area (Å²) in [5.41, 5.74) is 2.71. The van der Waals surface area contributed by atoms with E-state index in [1.54, 1.807) is 30.6 Å². The maximum Gasteiger partial charge on any atom is 0.228 e. The SMILES string of the molecule is Cc1c(Br)cncc1NC(=O)[C@@H]1C[C@H]1c1cccc(O)c1. The predicted octanol–water partition coefficient (Wildman–Crippen LogP) is 3.60. The number of carbonyl (C=O) groups excluding carboxylic acids is 1. The fourth-order valence-electron chi connectivity index (χ4n) is 2.46. The summed E-state index contributed by atoms with van der Waals surface area (Å²) in [5.74, 6) is 0.402. The average molecular weight is 347 g/mol. The van der Waals surface area contributed by atoms with E-state index >= 15 is 0 Å². The number of hydrogen-bond acceptors (Lipinski definition) is 3. The van der Waals surface area contributed by atoms with Crippen LogP contribution in [-0.2, 0) is 4.79 Å². The number of hydrogen-bond donors (Lipinski definition) is 2. The summed E-state index contributed by atoms with van der Waals surface area (Å²) in [4.78, 5) is 16.4. The molecule has 1 aromatic carbocycles. The molecule has 0 bridgehead atoms. The number of rotatable bonds is 3. The van der Waals surface area contributed by atoms with Gasteiger partial charge in [0.05, 0.1) is 11.9 Å². The summed E-state index contributed by atoms with van der Waals surface area (Å²) in [6.45, 7) is 1.93. The normalized spacial score (nSPS) is 20.1. The number of pyridine rings is 1. The lowest BCUT2D eigenvalue weighted by molar-refractivity contribution is -0.117. The Kier molecular flexibility index (Phi) is 3.68. The molecule has 0 aliphatic heterocycles. The van der Waals surface area contributed by atoms with Crippen LogP contribution in [-0.4, -0.2) is 16.0 Å². The molecule has 1 aromatic heterocycles. The minimum Gasteiger partial charge on any atom is -0.508 e. The molecule has 1 amide bonds. The Bertz CT molecular complexity index is 702. The number of amides is 1. The predicted molar refractivity (Wildman–Crippen MR) is 84.3 cm³/mol. The van der Waals surface area contributed by atoms with Crippen LogP contribution in [0.4, 0.5) is 5.69 Å². The molecule has 2 N–H and O–H groups in total. The third kappa shape index (κ3) is 2.93. The van der Waals surface area contributed by atoms with Gasteiger partial charge in [0.25, 0.3) is 0 Å². The van der Waals surface area contributed by atoms with Gasteiger partial charge in [0.2, 0.25) is 5.91 Å². The van der Waals surface area contributed by atoms with Crippen LogP contribution in [0.25, 0.3) is 0 Å². The van der Waals surface area contributed by atoms with E-state index < -0.39 is 0 Å². The molecule has 0 unspecified atom stereocenters. The molecule has 5 heteroatoms. The first-order valence-electron chi connectivity index (χ1n) is 6.76. The smallest absolute Gasteiger partial charge is 0.228 e. The third-order valence-electron chi connectivity index (χ3n) is 3.84. The monoisotopic (exact) mass is 346 g/mol. The summed E-state index contributed by atoms with van der Waals surface area (Å²) in [6.07, 6.45) is 4.18. The van der Waals surface area contributed by atoms with Gasteiger partial charge < -0.3 is 10.4 Å². The number of aromatic hydroxyl groups is 1. The van der Waals surface area contributed by atoms with Gasteiger partial charge >= 0.3 is 0 Å². The molecule has 0 spiro atoms. The number of nitrogens with one attached hydrogen (secondary N) is 1. The highest BCUT2D eigenvalue weighted by Gasteiger charge is 2.44. The average Bonchev–Trinajstić information content (AvgIpc) is 3.24. The van der Waals surface area contributed by atoms with Crippen molar-refractivity contribution in [1.82, 2.24) is 4.98 Å². The van der Waals surface area contributed by atoms with Crippen molar-refractivity contribution in [2.24, 2.45) is 5.92 Å². The highest BCUT2D eigenvalue weighted by molar-refractivity contribution is 9.10. The zero-order chi connectivity index (χ0) is 15.0. The number of halogens is 1. The summed E-state index contributed by atoms with van der Waals surface area (Å²) in [6, 6.07) is 7.12. The molecule has 1 aliphatic rings. The van der Waals surface area contributed by atoms with Crippen molar-refractivity contribution >= 4 is 27.5 Å². The Morgan fingerprint density at radius 1 is 1.43 bits per heavy atom. The number of carbonyl (C=O) groups is 1. The van der Waals surface area contributed by atoms with E-state index in [0.717, 1.165) is 27.7 Å². The van der Waals surface area contributed by atoms with Crippen LogP contribution < -0.4 is 5.32 Å². The topological polar surface area (TPSA) is 62.2 Å². The molecular formula is C16H15BrN2O2. The molecule has 2 aromatic rings. The van der Waals surface area contributed by atoms with Gasteiger partial charge in [-0.05, 0) is 58.5 Å². The van der Waals surface area contributed by atoms with Crippen molar-refractivity contribution in [3.63, 3.8) is 0 Å². The maximum atomic E-state index is 12.3. The van der Waals surface area contributed by atoms with Gasteiger partial charge in [-0.15, -0.1) is 0 Å². The van der Waals surface area contributed by atoms with Crippen LogP contribution in [0.1, 0.15) is 23.5 Å². The van der Waals surface area contributed by atoms with E-state index in [1.807, 2.05) is 13.0 Å². The first-order chi connectivity index (χ1) is 10.1. The van der Waals surface area contributed by atoms with Gasteiger partial charge in [-0.1, -0.05) is 12.1 Å². The van der Waals surface area contributed by atoms with Gasteiger partial charge in [0.1, 0.15) is 5.75 Å². The van der Waals surface area contributed by atoms with Gasteiger partial charge in [0.15, 0.2) is 0 Å². The van der Waals surface area contributed by atoms with E-state index in [9.17, 15) is 9.90 Å². The number of anilines is 1. The molecule has 1 fully saturated rings. The number of nitrogens with zero attached hydrogens (tertiary/aromatic N) is 1. The van der Waals surface area contributed by atoms with Crippen molar-refractivity contribution in [1.29, 1.82) is 0 Å². The number of phenolic OH excluding ortho intramolecular Hbond substituents is 1. The van der Waals surface area contributed by atoms with Crippen molar-refractivity contribution in [3.8, 4) is 5.75 Å². The summed E-state index contributed by atoms with van der Waals surface area (Å²) >= 11 is 3.40. The molecule has 0 radical (unpaired) electrons. The Morgan fingerprint density at radius 3 is 3.00 bits per heavy atom. The number of benzene rings is 1. The van der Waals surface area contributed by atoms with Crippen LogP contribution in [0.2, 0.25) is 0 Å². The number of phenols is 1. The van der Waals surface area contributed by atoms with E-state index in [2.05, 4.69) is 26.2 Å².